The van der Waals surface area contributed by atoms with E-state index in [1.165, 1.54) is 0 Å². The number of methoxy groups -OCH3 is 1. The van der Waals surface area contributed by atoms with Gasteiger partial charge in [0.1, 0.15) is 5.82 Å². The Kier molecular flexibility index (Phi) is 4.96. The summed E-state index contributed by atoms with van der Waals surface area (Å²) in [6.07, 6.45) is 2.09. The zero-order valence-corrected chi connectivity index (χ0v) is 16.4. The molecule has 1 aromatic heterocycles. The molecule has 1 atom stereocenters. The molecular formula is C21H20ClN3O3. The Bertz CT molecular complexity index is 1030. The first kappa shape index (κ1) is 18.4. The van der Waals surface area contributed by atoms with Crippen molar-refractivity contribution < 1.29 is 14.3 Å². The Labute approximate surface area is 168 Å². The van der Waals surface area contributed by atoms with E-state index in [1.54, 1.807) is 24.1 Å². The Morgan fingerprint density at radius 1 is 1.25 bits per heavy atom. The number of hydrogen-bond donors (Lipinski definition) is 1. The molecular weight excluding hydrogens is 378 g/mol. The minimum Gasteiger partial charge on any atom is -0.493 e. The molecule has 6 nitrogen and oxygen atoms in total. The lowest BCUT2D eigenvalue weighted by Gasteiger charge is -2.26. The summed E-state index contributed by atoms with van der Waals surface area (Å²) in [5.74, 6) is 1.69. The minimum atomic E-state index is -0.187. The number of nitrogens with zero attached hydrogens (tertiary/aromatic N) is 2. The summed E-state index contributed by atoms with van der Waals surface area (Å²) in [6, 6.07) is 13.1. The van der Waals surface area contributed by atoms with Crippen LogP contribution in [0.5, 0.6) is 11.5 Å². The highest BCUT2D eigenvalue weighted by Gasteiger charge is 2.33. The number of para-hydroxylation sites is 1. The first-order chi connectivity index (χ1) is 13.6. The molecule has 1 aliphatic rings. The maximum Gasteiger partial charge on any atom is 0.226 e. The van der Waals surface area contributed by atoms with E-state index >= 15 is 0 Å². The van der Waals surface area contributed by atoms with E-state index in [9.17, 15) is 4.79 Å². The van der Waals surface area contributed by atoms with Crippen molar-refractivity contribution in [3.8, 4) is 17.2 Å². The van der Waals surface area contributed by atoms with Crippen LogP contribution >= 0.6 is 11.6 Å². The summed E-state index contributed by atoms with van der Waals surface area (Å²) in [5.41, 5.74) is 2.61. The number of hydrogen-bond acceptors (Lipinski definition) is 4. The number of carbonyl (C=O) groups is 1. The van der Waals surface area contributed by atoms with Crippen molar-refractivity contribution in [2.24, 2.45) is 0 Å². The number of ether oxygens (including phenoxy) is 2. The van der Waals surface area contributed by atoms with Gasteiger partial charge in [-0.25, -0.2) is 4.68 Å². The fourth-order valence-electron chi connectivity index (χ4n) is 3.57. The average molecular weight is 398 g/mol. The Morgan fingerprint density at radius 2 is 2.07 bits per heavy atom. The first-order valence-electron chi connectivity index (χ1n) is 9.05. The maximum absolute atomic E-state index is 12.5. The third kappa shape index (κ3) is 3.20. The van der Waals surface area contributed by atoms with Crippen LogP contribution in [0.25, 0.3) is 5.69 Å². The summed E-state index contributed by atoms with van der Waals surface area (Å²) < 4.78 is 13.0. The van der Waals surface area contributed by atoms with Crippen molar-refractivity contribution in [2.75, 3.05) is 19.0 Å². The summed E-state index contributed by atoms with van der Waals surface area (Å²) in [6.45, 7) is 2.42. The Morgan fingerprint density at radius 3 is 2.82 bits per heavy atom. The van der Waals surface area contributed by atoms with Crippen LogP contribution in [0.15, 0.2) is 48.7 Å². The number of carbonyl (C=O) groups excluding carboxylic acids is 1. The first-order valence-corrected chi connectivity index (χ1v) is 9.43. The van der Waals surface area contributed by atoms with Gasteiger partial charge in [0.05, 0.1) is 25.6 Å². The summed E-state index contributed by atoms with van der Waals surface area (Å²) >= 11 is 6.13. The SMILES string of the molecule is CCOc1c(OC)cccc1[C@@H]1CC(=O)Nc2c1cnn2-c1cccc(Cl)c1. The molecule has 0 aliphatic carbocycles. The molecule has 0 fully saturated rings. The van der Waals surface area contributed by atoms with Gasteiger partial charge in [-0.1, -0.05) is 29.8 Å². The molecule has 144 valence electrons. The molecule has 0 unspecified atom stereocenters. The van der Waals surface area contributed by atoms with Crippen molar-refractivity contribution in [3.05, 3.63) is 64.8 Å². The quantitative estimate of drug-likeness (QED) is 0.692. The molecule has 2 aromatic carbocycles. The predicted molar refractivity (Wildman–Crippen MR) is 108 cm³/mol. The standard InChI is InChI=1S/C21H20ClN3O3/c1-3-28-20-15(8-5-9-18(20)27-2)16-11-19(26)24-21-17(16)12-23-25(21)14-7-4-6-13(22)10-14/h4-10,12,16H,3,11H2,1-2H3,(H,24,26)/t16-/m0/s1. The number of benzene rings is 2. The van der Waals surface area contributed by atoms with Crippen LogP contribution in [-0.4, -0.2) is 29.4 Å². The molecule has 3 aromatic rings. The molecule has 0 spiro atoms. The molecule has 7 heteroatoms. The van der Waals surface area contributed by atoms with Crippen LogP contribution in [0, 0.1) is 0 Å². The summed E-state index contributed by atoms with van der Waals surface area (Å²) in [7, 11) is 1.61. The lowest BCUT2D eigenvalue weighted by atomic mass is 9.86. The number of aromatic nitrogens is 2. The summed E-state index contributed by atoms with van der Waals surface area (Å²) in [4.78, 5) is 12.5. The average Bonchev–Trinajstić information content (AvgIpc) is 3.11. The number of anilines is 1. The fraction of sp³-hybridized carbons (Fsp3) is 0.238. The minimum absolute atomic E-state index is 0.0773. The van der Waals surface area contributed by atoms with Crippen LogP contribution in [0.2, 0.25) is 5.02 Å². The smallest absolute Gasteiger partial charge is 0.226 e. The second kappa shape index (κ2) is 7.56. The number of amides is 1. The predicted octanol–water partition coefficient (Wildman–Crippen LogP) is 4.41. The lowest BCUT2D eigenvalue weighted by Crippen LogP contribution is -2.25. The monoisotopic (exact) mass is 397 g/mol. The molecule has 4 rings (SSSR count). The number of rotatable bonds is 5. The Hall–Kier alpha value is -2.99. The van der Waals surface area contributed by atoms with Gasteiger partial charge in [-0.2, -0.15) is 5.10 Å². The third-order valence-corrected chi connectivity index (χ3v) is 5.00. The summed E-state index contributed by atoms with van der Waals surface area (Å²) in [5, 5.41) is 8.07. The van der Waals surface area contributed by atoms with Crippen LogP contribution in [0.4, 0.5) is 5.82 Å². The molecule has 0 radical (unpaired) electrons. The molecule has 1 aliphatic heterocycles. The number of fused-ring (bicyclic) bond motifs is 1. The maximum atomic E-state index is 12.5. The van der Waals surface area contributed by atoms with Crippen molar-refractivity contribution in [2.45, 2.75) is 19.3 Å². The molecule has 0 saturated carbocycles. The van der Waals surface area contributed by atoms with Crippen molar-refractivity contribution in [1.82, 2.24) is 9.78 Å². The molecule has 2 heterocycles. The van der Waals surface area contributed by atoms with Gasteiger partial charge in [-0.15, -0.1) is 0 Å². The highest BCUT2D eigenvalue weighted by atomic mass is 35.5. The van der Waals surface area contributed by atoms with Gasteiger partial charge in [-0.05, 0) is 31.2 Å². The van der Waals surface area contributed by atoms with Gasteiger partial charge in [0.25, 0.3) is 0 Å². The van der Waals surface area contributed by atoms with Crippen molar-refractivity contribution in [1.29, 1.82) is 0 Å². The molecule has 1 N–H and O–H groups in total. The van der Waals surface area contributed by atoms with Crippen LogP contribution in [0.1, 0.15) is 30.4 Å². The van der Waals surface area contributed by atoms with E-state index in [0.29, 0.717) is 35.4 Å². The second-order valence-electron chi connectivity index (χ2n) is 6.46. The zero-order chi connectivity index (χ0) is 19.7. The fourth-order valence-corrected chi connectivity index (χ4v) is 3.75. The van der Waals surface area contributed by atoms with Gasteiger partial charge in [0.2, 0.25) is 5.91 Å². The van der Waals surface area contributed by atoms with E-state index < -0.39 is 0 Å². The molecule has 0 saturated heterocycles. The number of halogens is 1. The van der Waals surface area contributed by atoms with E-state index in [2.05, 4.69) is 10.4 Å². The van der Waals surface area contributed by atoms with Crippen molar-refractivity contribution in [3.63, 3.8) is 0 Å². The topological polar surface area (TPSA) is 65.4 Å². The molecule has 0 bridgehead atoms. The van der Waals surface area contributed by atoms with Gasteiger partial charge in [0, 0.05) is 28.5 Å². The van der Waals surface area contributed by atoms with Gasteiger partial charge in [-0.3, -0.25) is 4.79 Å². The van der Waals surface area contributed by atoms with Gasteiger partial charge in [0.15, 0.2) is 11.5 Å². The van der Waals surface area contributed by atoms with E-state index in [4.69, 9.17) is 21.1 Å². The van der Waals surface area contributed by atoms with E-state index in [-0.39, 0.29) is 11.8 Å². The van der Waals surface area contributed by atoms with Gasteiger partial charge >= 0.3 is 0 Å². The van der Waals surface area contributed by atoms with Gasteiger partial charge < -0.3 is 14.8 Å². The van der Waals surface area contributed by atoms with Crippen LogP contribution in [-0.2, 0) is 4.79 Å². The highest BCUT2D eigenvalue weighted by molar-refractivity contribution is 6.30. The highest BCUT2D eigenvalue weighted by Crippen LogP contribution is 2.44. The molecule has 28 heavy (non-hydrogen) atoms. The zero-order valence-electron chi connectivity index (χ0n) is 15.6. The number of nitrogens with one attached hydrogen (secondary N) is 1. The normalized spacial score (nSPS) is 15.7. The Balaban J connectivity index is 1.84. The van der Waals surface area contributed by atoms with E-state index in [1.807, 2.05) is 43.3 Å². The van der Waals surface area contributed by atoms with Crippen LogP contribution in [0.3, 0.4) is 0 Å². The largest absolute Gasteiger partial charge is 0.493 e. The van der Waals surface area contributed by atoms with Crippen molar-refractivity contribution >= 4 is 23.3 Å². The molecule has 1 amide bonds. The second-order valence-corrected chi connectivity index (χ2v) is 6.89. The van der Waals surface area contributed by atoms with Crippen LogP contribution < -0.4 is 14.8 Å². The van der Waals surface area contributed by atoms with E-state index in [0.717, 1.165) is 16.8 Å². The third-order valence-electron chi connectivity index (χ3n) is 4.77. The lowest BCUT2D eigenvalue weighted by molar-refractivity contribution is -0.116.